The summed E-state index contributed by atoms with van der Waals surface area (Å²) in [6.07, 6.45) is 0. The zero-order valence-corrected chi connectivity index (χ0v) is 11.5. The number of nitrogens with zero attached hydrogens (tertiary/aromatic N) is 1. The molecular formula is C11H20N2S2. The van der Waals surface area contributed by atoms with Crippen molar-refractivity contribution < 1.29 is 0 Å². The van der Waals surface area contributed by atoms with Crippen molar-refractivity contribution in [3.05, 3.63) is 16.1 Å². The quantitative estimate of drug-likeness (QED) is 0.864. The van der Waals surface area contributed by atoms with Crippen LogP contribution in [-0.4, -0.2) is 16.3 Å². The average molecular weight is 244 g/mol. The van der Waals surface area contributed by atoms with E-state index in [2.05, 4.69) is 31.1 Å². The minimum atomic E-state index is 0.178. The van der Waals surface area contributed by atoms with Gasteiger partial charge in [-0.05, 0) is 12.2 Å². The fourth-order valence-corrected chi connectivity index (χ4v) is 2.81. The van der Waals surface area contributed by atoms with Crippen molar-refractivity contribution in [3.63, 3.8) is 0 Å². The molecule has 0 aromatic carbocycles. The van der Waals surface area contributed by atoms with Crippen LogP contribution in [0.4, 0.5) is 0 Å². The summed E-state index contributed by atoms with van der Waals surface area (Å²) in [4.78, 5) is 4.62. The highest BCUT2D eigenvalue weighted by Crippen LogP contribution is 2.24. The first-order valence-corrected chi connectivity index (χ1v) is 7.25. The van der Waals surface area contributed by atoms with Gasteiger partial charge < -0.3 is 5.73 Å². The van der Waals surface area contributed by atoms with Crippen molar-refractivity contribution in [1.29, 1.82) is 0 Å². The third kappa shape index (κ3) is 4.13. The number of aromatic nitrogens is 1. The Hall–Kier alpha value is -0.0600. The van der Waals surface area contributed by atoms with Gasteiger partial charge in [0.05, 0.1) is 5.69 Å². The van der Waals surface area contributed by atoms with Crippen LogP contribution in [0.2, 0.25) is 0 Å². The molecule has 1 rings (SSSR count). The number of nitrogens with two attached hydrogens (primary N) is 1. The second-order valence-electron chi connectivity index (χ2n) is 4.17. The van der Waals surface area contributed by atoms with E-state index in [-0.39, 0.29) is 6.04 Å². The predicted molar refractivity (Wildman–Crippen MR) is 70.6 cm³/mol. The molecule has 0 fully saturated rings. The van der Waals surface area contributed by atoms with Crippen molar-refractivity contribution in [1.82, 2.24) is 4.98 Å². The van der Waals surface area contributed by atoms with Crippen LogP contribution < -0.4 is 5.73 Å². The Morgan fingerprint density at radius 3 is 2.60 bits per heavy atom. The molecule has 1 aromatic heterocycles. The van der Waals surface area contributed by atoms with Gasteiger partial charge >= 0.3 is 0 Å². The maximum absolute atomic E-state index is 5.86. The van der Waals surface area contributed by atoms with Crippen molar-refractivity contribution in [2.75, 3.05) is 0 Å². The third-order valence-corrected chi connectivity index (χ3v) is 4.52. The summed E-state index contributed by atoms with van der Waals surface area (Å²) in [6.45, 7) is 8.60. The molecule has 0 saturated carbocycles. The lowest BCUT2D eigenvalue weighted by Gasteiger charge is -2.12. The summed E-state index contributed by atoms with van der Waals surface area (Å²) in [5, 5.41) is 4.03. The molecule has 86 valence electrons. The largest absolute Gasteiger partial charge is 0.327 e. The zero-order valence-electron chi connectivity index (χ0n) is 9.86. The van der Waals surface area contributed by atoms with Crippen LogP contribution in [-0.2, 0) is 5.75 Å². The smallest absolute Gasteiger partial charge is 0.103 e. The number of thiazole rings is 1. The maximum atomic E-state index is 5.86. The number of rotatable bonds is 5. The van der Waals surface area contributed by atoms with Crippen LogP contribution in [0, 0.1) is 0 Å². The maximum Gasteiger partial charge on any atom is 0.103 e. The molecular weight excluding hydrogens is 224 g/mol. The molecule has 1 heterocycles. The summed E-state index contributed by atoms with van der Waals surface area (Å²) in [7, 11) is 0. The molecule has 4 heteroatoms. The van der Waals surface area contributed by atoms with Gasteiger partial charge in [0, 0.05) is 23.1 Å². The summed E-state index contributed by atoms with van der Waals surface area (Å²) in [6, 6.07) is 0.178. The summed E-state index contributed by atoms with van der Waals surface area (Å²) >= 11 is 3.68. The fourth-order valence-electron chi connectivity index (χ4n) is 1.11. The van der Waals surface area contributed by atoms with E-state index < -0.39 is 0 Å². The summed E-state index contributed by atoms with van der Waals surface area (Å²) in [5.41, 5.74) is 7.01. The lowest BCUT2D eigenvalue weighted by molar-refractivity contribution is 0.600. The molecule has 0 aliphatic rings. The fraction of sp³-hybridized carbons (Fsp3) is 0.727. The molecule has 2 N–H and O–H groups in total. The Labute approximate surface area is 101 Å². The van der Waals surface area contributed by atoms with E-state index in [4.69, 9.17) is 5.73 Å². The van der Waals surface area contributed by atoms with Crippen LogP contribution in [0.3, 0.4) is 0 Å². The van der Waals surface area contributed by atoms with Gasteiger partial charge in [0.25, 0.3) is 0 Å². The van der Waals surface area contributed by atoms with Gasteiger partial charge in [-0.25, -0.2) is 4.98 Å². The van der Waals surface area contributed by atoms with Crippen molar-refractivity contribution in [2.24, 2.45) is 5.73 Å². The monoisotopic (exact) mass is 244 g/mol. The van der Waals surface area contributed by atoms with E-state index in [1.807, 2.05) is 18.7 Å². The van der Waals surface area contributed by atoms with E-state index >= 15 is 0 Å². The molecule has 0 saturated heterocycles. The van der Waals surface area contributed by atoms with Gasteiger partial charge in [-0.2, -0.15) is 11.8 Å². The average Bonchev–Trinajstić information content (AvgIpc) is 2.61. The molecule has 0 radical (unpaired) electrons. The summed E-state index contributed by atoms with van der Waals surface area (Å²) in [5.74, 6) is 1.38. The standard InChI is InChI=1S/C11H20N2S2/c1-7(2)14-6-11-13-10(5-15-11)8(3)9(4)12/h5,7-9H,6,12H2,1-4H3. The zero-order chi connectivity index (χ0) is 11.4. The Morgan fingerprint density at radius 1 is 1.40 bits per heavy atom. The SMILES string of the molecule is CC(C)SCc1nc(C(C)C(C)N)cs1. The van der Waals surface area contributed by atoms with Crippen molar-refractivity contribution >= 4 is 23.1 Å². The predicted octanol–water partition coefficient (Wildman–Crippen LogP) is 3.24. The van der Waals surface area contributed by atoms with Crippen LogP contribution in [0.5, 0.6) is 0 Å². The molecule has 2 nitrogen and oxygen atoms in total. The van der Waals surface area contributed by atoms with Gasteiger partial charge in [-0.1, -0.05) is 20.8 Å². The highest BCUT2D eigenvalue weighted by molar-refractivity contribution is 7.99. The molecule has 2 atom stereocenters. The molecule has 0 spiro atoms. The minimum absolute atomic E-state index is 0.178. The third-order valence-electron chi connectivity index (χ3n) is 2.36. The van der Waals surface area contributed by atoms with Crippen LogP contribution in [0.1, 0.15) is 44.3 Å². The van der Waals surface area contributed by atoms with E-state index in [1.165, 1.54) is 5.01 Å². The van der Waals surface area contributed by atoms with Gasteiger partial charge in [-0.3, -0.25) is 0 Å². The lowest BCUT2D eigenvalue weighted by atomic mass is 10.0. The van der Waals surface area contributed by atoms with Crippen molar-refractivity contribution in [3.8, 4) is 0 Å². The topological polar surface area (TPSA) is 38.9 Å². The minimum Gasteiger partial charge on any atom is -0.327 e. The second kappa shape index (κ2) is 5.87. The van der Waals surface area contributed by atoms with Gasteiger partial charge in [-0.15, -0.1) is 11.3 Å². The molecule has 0 aliphatic heterocycles. The highest BCUT2D eigenvalue weighted by atomic mass is 32.2. The Morgan fingerprint density at radius 2 is 2.07 bits per heavy atom. The Bertz CT molecular complexity index is 295. The first-order valence-electron chi connectivity index (χ1n) is 5.32. The molecule has 2 unspecified atom stereocenters. The number of hydrogen-bond acceptors (Lipinski definition) is 4. The van der Waals surface area contributed by atoms with Gasteiger partial charge in [0.1, 0.15) is 5.01 Å². The molecule has 1 aromatic rings. The van der Waals surface area contributed by atoms with E-state index in [9.17, 15) is 0 Å². The molecule has 0 aliphatic carbocycles. The number of thioether (sulfide) groups is 1. The summed E-state index contributed by atoms with van der Waals surface area (Å²) < 4.78 is 0. The van der Waals surface area contributed by atoms with Gasteiger partial charge in [0.15, 0.2) is 0 Å². The van der Waals surface area contributed by atoms with E-state index in [0.29, 0.717) is 11.2 Å². The molecule has 0 amide bonds. The van der Waals surface area contributed by atoms with Crippen LogP contribution >= 0.6 is 23.1 Å². The second-order valence-corrected chi connectivity index (χ2v) is 6.68. The normalized spacial score (nSPS) is 15.6. The van der Waals surface area contributed by atoms with Crippen molar-refractivity contribution in [2.45, 2.75) is 50.7 Å². The van der Waals surface area contributed by atoms with E-state index in [1.54, 1.807) is 11.3 Å². The lowest BCUT2D eigenvalue weighted by Crippen LogP contribution is -2.22. The molecule has 15 heavy (non-hydrogen) atoms. The van der Waals surface area contributed by atoms with Crippen LogP contribution in [0.25, 0.3) is 0 Å². The van der Waals surface area contributed by atoms with Gasteiger partial charge in [0.2, 0.25) is 0 Å². The van der Waals surface area contributed by atoms with E-state index in [0.717, 1.165) is 11.4 Å². The first kappa shape index (κ1) is 13.0. The highest BCUT2D eigenvalue weighted by Gasteiger charge is 2.13. The molecule has 0 bridgehead atoms. The Balaban J connectivity index is 2.56. The Kier molecular flexibility index (Phi) is 5.09. The number of hydrogen-bond donors (Lipinski definition) is 1. The van der Waals surface area contributed by atoms with Crippen LogP contribution in [0.15, 0.2) is 5.38 Å². The first-order chi connectivity index (χ1) is 7.00.